The number of benzene rings is 4. The van der Waals surface area contributed by atoms with E-state index in [0.717, 1.165) is 55.3 Å². The van der Waals surface area contributed by atoms with E-state index in [-0.39, 0.29) is 20.1 Å². The van der Waals surface area contributed by atoms with Gasteiger partial charge in [0.15, 0.2) is 0 Å². The Morgan fingerprint density at radius 2 is 1.39 bits per heavy atom. The molecule has 2 aliphatic heterocycles. The van der Waals surface area contributed by atoms with Crippen LogP contribution in [0.4, 0.5) is 0 Å². The molecule has 5 aromatic rings. The van der Waals surface area contributed by atoms with Crippen molar-refractivity contribution in [1.29, 1.82) is 0 Å². The van der Waals surface area contributed by atoms with Crippen molar-refractivity contribution in [2.24, 2.45) is 0 Å². The fourth-order valence-corrected chi connectivity index (χ4v) is 8.97. The molecular weight excluding hydrogens is 626 g/mol. The second kappa shape index (κ2) is 7.62. The van der Waals surface area contributed by atoms with Crippen LogP contribution in [0, 0.1) is 6.07 Å². The van der Waals surface area contributed by atoms with Crippen LogP contribution in [0.15, 0.2) is 91.0 Å². The van der Waals surface area contributed by atoms with Gasteiger partial charge >= 0.3 is 0 Å². The minimum Gasteiger partial charge on any atom is -0.475 e. The number of hydrogen-bond acceptors (Lipinski definition) is 4. The predicted molar refractivity (Wildman–Crippen MR) is 132 cm³/mol. The van der Waals surface area contributed by atoms with E-state index in [1.165, 1.54) is 0 Å². The molecule has 0 bridgehead atoms. The second-order valence-corrected chi connectivity index (χ2v) is 12.1. The van der Waals surface area contributed by atoms with Crippen LogP contribution in [0.3, 0.4) is 0 Å². The standard InChI is InChI=1S/C27H15NO2PS.Ir/c32-31-25-11-5-3-9-21(25)29-23-15-18(20-14-13-17-7-1-2-8-19(17)28-20)16-24(27(23)31)30-22-10-4-6-12-26(22)31;/h1-15H;/q-1;. The van der Waals surface area contributed by atoms with Crippen LogP contribution < -0.4 is 25.4 Å². The zero-order chi connectivity index (χ0) is 21.3. The van der Waals surface area contributed by atoms with Gasteiger partial charge in [0.1, 0.15) is 11.5 Å². The Balaban J connectivity index is 0.00000206. The van der Waals surface area contributed by atoms with E-state index < -0.39 is 6.04 Å². The maximum Gasteiger partial charge on any atom is 0.133 e. The summed E-state index contributed by atoms with van der Waals surface area (Å²) in [4.78, 5) is 4.85. The molecule has 2 aliphatic rings. The summed E-state index contributed by atoms with van der Waals surface area (Å²) in [5.74, 6) is 2.99. The number of aromatic nitrogens is 1. The van der Waals surface area contributed by atoms with Crippen LogP contribution in [0.25, 0.3) is 22.2 Å². The van der Waals surface area contributed by atoms with E-state index in [2.05, 4.69) is 30.3 Å². The Morgan fingerprint density at radius 3 is 2.18 bits per heavy atom. The molecular formula is C27H15IrNO2PS-. The number of ether oxygens (including phenoxy) is 2. The van der Waals surface area contributed by atoms with Gasteiger partial charge < -0.3 is 9.47 Å². The van der Waals surface area contributed by atoms with E-state index in [0.29, 0.717) is 5.75 Å². The summed E-state index contributed by atoms with van der Waals surface area (Å²) in [6.45, 7) is 0. The summed E-state index contributed by atoms with van der Waals surface area (Å²) >= 11 is 6.50. The van der Waals surface area contributed by atoms with Gasteiger partial charge in [0.25, 0.3) is 0 Å². The van der Waals surface area contributed by atoms with Crippen molar-refractivity contribution < 1.29 is 29.6 Å². The molecule has 6 heteroatoms. The first-order valence-electron chi connectivity index (χ1n) is 10.3. The summed E-state index contributed by atoms with van der Waals surface area (Å²) in [7, 11) is 0. The largest absolute Gasteiger partial charge is 0.475 e. The Hall–Kier alpha value is -2.81. The molecule has 1 radical (unpaired) electrons. The third-order valence-electron chi connectivity index (χ3n) is 6.00. The summed E-state index contributed by atoms with van der Waals surface area (Å²) in [6.07, 6.45) is 0. The Bertz CT molecular complexity index is 1560. The van der Waals surface area contributed by atoms with Gasteiger partial charge in [-0.3, -0.25) is 4.98 Å². The quantitative estimate of drug-likeness (QED) is 0.171. The molecule has 33 heavy (non-hydrogen) atoms. The molecule has 1 aromatic heterocycles. The van der Waals surface area contributed by atoms with Crippen LogP contribution >= 0.6 is 6.04 Å². The first kappa shape index (κ1) is 20.8. The second-order valence-electron chi connectivity index (χ2n) is 7.86. The van der Waals surface area contributed by atoms with E-state index in [1.54, 1.807) is 0 Å². The average Bonchev–Trinajstić information content (AvgIpc) is 2.84. The van der Waals surface area contributed by atoms with Gasteiger partial charge in [-0.15, -0.1) is 5.56 Å². The zero-order valence-electron chi connectivity index (χ0n) is 17.1. The third-order valence-corrected chi connectivity index (χ3v) is 10.9. The Labute approximate surface area is 209 Å². The normalized spacial score (nSPS) is 17.0. The van der Waals surface area contributed by atoms with Gasteiger partial charge in [0.2, 0.25) is 0 Å². The molecule has 4 aromatic carbocycles. The van der Waals surface area contributed by atoms with Crippen LogP contribution in [-0.4, -0.2) is 4.98 Å². The van der Waals surface area contributed by atoms with Gasteiger partial charge in [0, 0.05) is 36.8 Å². The van der Waals surface area contributed by atoms with Crippen LogP contribution in [0.1, 0.15) is 0 Å². The van der Waals surface area contributed by atoms with E-state index >= 15 is 0 Å². The molecule has 7 rings (SSSR count). The summed E-state index contributed by atoms with van der Waals surface area (Å²) < 4.78 is 12.7. The molecule has 0 aliphatic carbocycles. The van der Waals surface area contributed by atoms with Gasteiger partial charge in [0.05, 0.1) is 17.0 Å². The van der Waals surface area contributed by atoms with Crippen LogP contribution in [0.2, 0.25) is 0 Å². The fraction of sp³-hybridized carbons (Fsp3) is 0. The van der Waals surface area contributed by atoms with Gasteiger partial charge in [-0.05, 0) is 34.6 Å². The zero-order valence-corrected chi connectivity index (χ0v) is 21.2. The van der Waals surface area contributed by atoms with Crippen molar-refractivity contribution in [1.82, 2.24) is 4.98 Å². The number of nitrogens with zero attached hydrogens (tertiary/aromatic N) is 1. The molecule has 0 N–H and O–H groups in total. The van der Waals surface area contributed by atoms with E-state index in [1.807, 2.05) is 66.7 Å². The molecule has 161 valence electrons. The minimum atomic E-state index is -2.33. The smallest absolute Gasteiger partial charge is 0.133 e. The van der Waals surface area contributed by atoms with E-state index in [4.69, 9.17) is 26.3 Å². The van der Waals surface area contributed by atoms with Crippen molar-refractivity contribution in [3.05, 3.63) is 97.1 Å². The molecule has 0 saturated heterocycles. The van der Waals surface area contributed by atoms with Gasteiger partial charge in [-0.1, -0.05) is 90.7 Å². The Morgan fingerprint density at radius 1 is 0.727 bits per heavy atom. The van der Waals surface area contributed by atoms with Gasteiger partial charge in [-0.2, -0.15) is 0 Å². The molecule has 0 spiro atoms. The molecule has 3 heterocycles. The number of hydrogen-bond donors (Lipinski definition) is 0. The molecule has 1 atom stereocenters. The molecule has 0 saturated carbocycles. The minimum absolute atomic E-state index is 0. The number of rotatable bonds is 1. The van der Waals surface area contributed by atoms with Crippen molar-refractivity contribution in [2.75, 3.05) is 0 Å². The average molecular weight is 641 g/mol. The van der Waals surface area contributed by atoms with Crippen molar-refractivity contribution >= 4 is 44.7 Å². The van der Waals surface area contributed by atoms with Gasteiger partial charge in [-0.25, -0.2) is 0 Å². The fourth-order valence-electron chi connectivity index (χ4n) is 4.54. The number of fused-ring (bicyclic) bond motifs is 5. The first-order valence-corrected chi connectivity index (χ1v) is 13.1. The van der Waals surface area contributed by atoms with E-state index in [9.17, 15) is 0 Å². The number of pyridine rings is 1. The third kappa shape index (κ3) is 2.97. The Kier molecular flexibility index (Phi) is 4.79. The number of para-hydroxylation sites is 3. The summed E-state index contributed by atoms with van der Waals surface area (Å²) in [5.41, 5.74) is 2.58. The monoisotopic (exact) mass is 641 g/mol. The maximum absolute atomic E-state index is 6.50. The van der Waals surface area contributed by atoms with Crippen molar-refractivity contribution in [2.45, 2.75) is 0 Å². The predicted octanol–water partition coefficient (Wildman–Crippen LogP) is 5.67. The van der Waals surface area contributed by atoms with Crippen LogP contribution in [0.5, 0.6) is 23.0 Å². The molecule has 0 fully saturated rings. The first-order chi connectivity index (χ1) is 15.7. The topological polar surface area (TPSA) is 31.4 Å². The molecule has 1 unspecified atom stereocenters. The van der Waals surface area contributed by atoms with Crippen molar-refractivity contribution in [3.8, 4) is 34.3 Å². The summed E-state index contributed by atoms with van der Waals surface area (Å²) in [6, 6.07) is 31.5. The van der Waals surface area contributed by atoms with Crippen molar-refractivity contribution in [3.63, 3.8) is 0 Å². The SMILES string of the molecule is S=P12c3ccccc3Oc3[c-]c(-c4ccc5ccccc5n4)cc(c31)Oc1ccccc12.[Ir]. The molecule has 0 amide bonds. The maximum atomic E-state index is 6.50. The molecule has 3 nitrogen and oxygen atoms in total. The summed E-state index contributed by atoms with van der Waals surface area (Å²) in [5, 5.41) is 4.16. The van der Waals surface area contributed by atoms with Crippen LogP contribution in [-0.2, 0) is 31.9 Å².